The van der Waals surface area contributed by atoms with E-state index in [4.69, 9.17) is 5.14 Å². The summed E-state index contributed by atoms with van der Waals surface area (Å²) in [5.41, 5.74) is 1.05. The number of phenolic OH excluding ortho intramolecular Hbond substituents is 2. The van der Waals surface area contributed by atoms with Crippen LogP contribution in [0.3, 0.4) is 0 Å². The first-order valence-corrected chi connectivity index (χ1v) is 8.88. The fraction of sp³-hybridized carbons (Fsp3) is 0.0667. The average Bonchev–Trinajstić information content (AvgIpc) is 3.10. The maximum atomic E-state index is 12.2. The number of Topliss-reactive ketones (excluding diaryl/α,β-unsaturated/α-hetero) is 1. The summed E-state index contributed by atoms with van der Waals surface area (Å²) in [4.78, 5) is 13.1. The van der Waals surface area contributed by atoms with Gasteiger partial charge >= 0.3 is 0 Å². The molecule has 25 heavy (non-hydrogen) atoms. The third-order valence-corrected chi connectivity index (χ3v) is 4.75. The Hall–Kier alpha value is -2.56. The van der Waals surface area contributed by atoms with Gasteiger partial charge in [0.25, 0.3) is 0 Å². The lowest BCUT2D eigenvalue weighted by molar-refractivity contribution is 0.102. The Morgan fingerprint density at radius 3 is 2.56 bits per heavy atom. The third kappa shape index (κ3) is 3.92. The molecular weight excluding hydrogens is 362 g/mol. The Kier molecular flexibility index (Phi) is 5.22. The van der Waals surface area contributed by atoms with Crippen LogP contribution in [0.1, 0.15) is 10.4 Å². The lowest BCUT2D eigenvalue weighted by Gasteiger charge is -2.05. The van der Waals surface area contributed by atoms with Crippen molar-refractivity contribution in [3.05, 3.63) is 48.0 Å². The van der Waals surface area contributed by atoms with Crippen molar-refractivity contribution in [2.45, 2.75) is 10.1 Å². The Morgan fingerprint density at radius 1 is 1.12 bits per heavy atom. The maximum Gasteiger partial charge on any atom is 0.214 e. The second-order valence-corrected chi connectivity index (χ2v) is 6.55. The van der Waals surface area contributed by atoms with Crippen molar-refractivity contribution in [2.75, 3.05) is 5.75 Å². The van der Waals surface area contributed by atoms with Crippen LogP contribution in [0, 0.1) is 0 Å². The topological polar surface area (TPSA) is 127 Å². The van der Waals surface area contributed by atoms with E-state index in [9.17, 15) is 15.0 Å². The summed E-state index contributed by atoms with van der Waals surface area (Å²) in [5.74, 6) is -0.739. The summed E-state index contributed by atoms with van der Waals surface area (Å²) in [5, 5.41) is 36.2. The van der Waals surface area contributed by atoms with Gasteiger partial charge in [-0.1, -0.05) is 11.8 Å². The van der Waals surface area contributed by atoms with Crippen LogP contribution in [0.2, 0.25) is 0 Å². The first kappa shape index (κ1) is 17.3. The predicted octanol–water partition coefficient (Wildman–Crippen LogP) is 2.01. The SMILES string of the molecule is NSc1ccc(-n2nnnc2SCC(=O)c2ccc(O)c(O)c2)cc1. The zero-order valence-electron chi connectivity index (χ0n) is 12.7. The molecule has 3 rings (SSSR count). The molecule has 10 heteroatoms. The molecule has 0 amide bonds. The van der Waals surface area contributed by atoms with Crippen molar-refractivity contribution >= 4 is 29.5 Å². The lowest BCUT2D eigenvalue weighted by atomic mass is 10.1. The number of rotatable bonds is 6. The number of ketones is 1. The van der Waals surface area contributed by atoms with Gasteiger partial charge in [-0.25, -0.2) is 0 Å². The van der Waals surface area contributed by atoms with E-state index in [0.717, 1.165) is 22.5 Å². The smallest absolute Gasteiger partial charge is 0.214 e. The van der Waals surface area contributed by atoms with Crippen molar-refractivity contribution in [3.8, 4) is 17.2 Å². The molecular formula is C15H13N5O3S2. The molecule has 0 atom stereocenters. The van der Waals surface area contributed by atoms with E-state index in [2.05, 4.69) is 15.5 Å². The van der Waals surface area contributed by atoms with Crippen LogP contribution >= 0.6 is 23.7 Å². The Labute approximate surface area is 151 Å². The fourth-order valence-electron chi connectivity index (χ4n) is 2.01. The molecule has 8 nitrogen and oxygen atoms in total. The second-order valence-electron chi connectivity index (χ2n) is 4.90. The van der Waals surface area contributed by atoms with Gasteiger partial charge in [0.1, 0.15) is 0 Å². The third-order valence-electron chi connectivity index (χ3n) is 3.29. The molecule has 1 aromatic heterocycles. The molecule has 0 aliphatic carbocycles. The number of aromatic hydroxyl groups is 2. The van der Waals surface area contributed by atoms with Crippen molar-refractivity contribution in [2.24, 2.45) is 5.14 Å². The molecule has 0 saturated heterocycles. The standard InChI is InChI=1S/C15H13N5O3S2/c16-25-11-4-2-10(3-5-11)20-15(17-18-19-20)24-8-14(23)9-1-6-12(21)13(22)7-9/h1-7,21-22H,8,16H2. The Morgan fingerprint density at radius 2 is 1.88 bits per heavy atom. The maximum absolute atomic E-state index is 12.2. The molecule has 1 heterocycles. The normalized spacial score (nSPS) is 10.8. The van der Waals surface area contributed by atoms with Gasteiger partial charge in [-0.2, -0.15) is 4.68 Å². The van der Waals surface area contributed by atoms with Gasteiger partial charge in [0.05, 0.1) is 11.4 Å². The van der Waals surface area contributed by atoms with Gasteiger partial charge < -0.3 is 10.2 Å². The molecule has 0 saturated carbocycles. The van der Waals surface area contributed by atoms with Gasteiger partial charge in [0, 0.05) is 10.5 Å². The molecule has 0 fully saturated rings. The summed E-state index contributed by atoms with van der Waals surface area (Å²) < 4.78 is 1.53. The minimum Gasteiger partial charge on any atom is -0.504 e. The van der Waals surface area contributed by atoms with E-state index in [1.807, 2.05) is 24.3 Å². The molecule has 4 N–H and O–H groups in total. The highest BCUT2D eigenvalue weighted by Crippen LogP contribution is 2.26. The molecule has 0 aliphatic heterocycles. The van der Waals surface area contributed by atoms with E-state index in [1.54, 1.807) is 0 Å². The van der Waals surface area contributed by atoms with Crippen molar-refractivity contribution in [3.63, 3.8) is 0 Å². The van der Waals surface area contributed by atoms with Crippen molar-refractivity contribution in [1.82, 2.24) is 20.2 Å². The summed E-state index contributed by atoms with van der Waals surface area (Å²) in [6.45, 7) is 0. The van der Waals surface area contributed by atoms with Crippen molar-refractivity contribution < 1.29 is 15.0 Å². The van der Waals surface area contributed by atoms with Crippen LogP contribution in [0.4, 0.5) is 0 Å². The number of tetrazole rings is 1. The highest BCUT2D eigenvalue weighted by Gasteiger charge is 2.14. The number of nitrogens with two attached hydrogens (primary N) is 1. The van der Waals surface area contributed by atoms with Crippen LogP contribution in [-0.4, -0.2) is 42.0 Å². The predicted molar refractivity (Wildman–Crippen MR) is 94.0 cm³/mol. The molecule has 128 valence electrons. The summed E-state index contributed by atoms with van der Waals surface area (Å²) in [7, 11) is 0. The number of carbonyl (C=O) groups excluding carboxylic acids is 1. The van der Waals surface area contributed by atoms with E-state index in [0.29, 0.717) is 10.7 Å². The molecule has 3 aromatic rings. The van der Waals surface area contributed by atoms with Crippen molar-refractivity contribution in [1.29, 1.82) is 0 Å². The highest BCUT2D eigenvalue weighted by atomic mass is 32.2. The number of hydrogen-bond acceptors (Lipinski definition) is 9. The molecule has 0 spiro atoms. The minimum atomic E-state index is -0.335. The van der Waals surface area contributed by atoms with E-state index in [1.165, 1.54) is 34.6 Å². The van der Waals surface area contributed by atoms with Crippen LogP contribution < -0.4 is 5.14 Å². The molecule has 2 aromatic carbocycles. The largest absolute Gasteiger partial charge is 0.504 e. The van der Waals surface area contributed by atoms with E-state index < -0.39 is 0 Å². The Balaban J connectivity index is 1.72. The van der Waals surface area contributed by atoms with Crippen LogP contribution in [0.5, 0.6) is 11.5 Å². The average molecular weight is 375 g/mol. The van der Waals surface area contributed by atoms with E-state index in [-0.39, 0.29) is 23.0 Å². The van der Waals surface area contributed by atoms with Gasteiger partial charge in [-0.05, 0) is 64.8 Å². The summed E-state index contributed by atoms with van der Waals surface area (Å²) in [6, 6.07) is 11.3. The molecule has 0 unspecified atom stereocenters. The van der Waals surface area contributed by atoms with Gasteiger partial charge in [0.15, 0.2) is 17.3 Å². The van der Waals surface area contributed by atoms with Crippen LogP contribution in [0.25, 0.3) is 5.69 Å². The Bertz CT molecular complexity index is 898. The van der Waals surface area contributed by atoms with Gasteiger partial charge in [-0.3, -0.25) is 9.93 Å². The second kappa shape index (κ2) is 7.55. The minimum absolute atomic E-state index is 0.0846. The van der Waals surface area contributed by atoms with Gasteiger partial charge in [0.2, 0.25) is 5.16 Å². The first-order valence-electron chi connectivity index (χ1n) is 7.02. The number of phenols is 2. The first-order chi connectivity index (χ1) is 12.1. The quantitative estimate of drug-likeness (QED) is 0.256. The van der Waals surface area contributed by atoms with Gasteiger partial charge in [-0.15, -0.1) is 5.10 Å². The highest BCUT2D eigenvalue weighted by molar-refractivity contribution is 7.99. The van der Waals surface area contributed by atoms with E-state index >= 15 is 0 Å². The lowest BCUT2D eigenvalue weighted by Crippen LogP contribution is -2.05. The number of nitrogens with zero attached hydrogens (tertiary/aromatic N) is 4. The number of hydrogen-bond donors (Lipinski definition) is 3. The zero-order chi connectivity index (χ0) is 17.8. The number of thioether (sulfide) groups is 1. The summed E-state index contributed by atoms with van der Waals surface area (Å²) in [6.07, 6.45) is 0. The monoisotopic (exact) mass is 375 g/mol. The molecule has 0 aliphatic rings. The number of aromatic nitrogens is 4. The van der Waals surface area contributed by atoms with Crippen LogP contribution in [-0.2, 0) is 0 Å². The molecule has 0 radical (unpaired) electrons. The number of benzene rings is 2. The van der Waals surface area contributed by atoms with Crippen LogP contribution in [0.15, 0.2) is 52.5 Å². The molecule has 0 bridgehead atoms. The summed E-state index contributed by atoms with van der Waals surface area (Å²) >= 11 is 2.32. The number of carbonyl (C=O) groups is 1. The zero-order valence-corrected chi connectivity index (χ0v) is 14.4. The fourth-order valence-corrected chi connectivity index (χ4v) is 3.09.